The van der Waals surface area contributed by atoms with Crippen LogP contribution in [0.3, 0.4) is 0 Å². The van der Waals surface area contributed by atoms with Crippen LogP contribution in [0.15, 0.2) is 30.3 Å². The molecule has 7 nitrogen and oxygen atoms in total. The number of para-hydroxylation sites is 1. The smallest absolute Gasteiger partial charge is 0.357 e. The van der Waals surface area contributed by atoms with Crippen LogP contribution in [0.5, 0.6) is 5.75 Å². The highest BCUT2D eigenvalue weighted by molar-refractivity contribution is 5.92. The van der Waals surface area contributed by atoms with E-state index in [0.29, 0.717) is 31.1 Å². The van der Waals surface area contributed by atoms with Crippen LogP contribution in [-0.2, 0) is 14.2 Å². The monoisotopic (exact) mass is 363 g/mol. The van der Waals surface area contributed by atoms with Crippen molar-refractivity contribution in [1.82, 2.24) is 4.98 Å². The van der Waals surface area contributed by atoms with Gasteiger partial charge in [-0.3, -0.25) is 0 Å². The van der Waals surface area contributed by atoms with Crippen LogP contribution in [0.1, 0.15) is 23.8 Å². The fourth-order valence-corrected chi connectivity index (χ4v) is 2.22. The van der Waals surface area contributed by atoms with E-state index in [-0.39, 0.29) is 32.1 Å². The first-order chi connectivity index (χ1) is 12.8. The number of aromatic nitrogens is 1. The Balaban J connectivity index is 1.85. The molecule has 0 bridgehead atoms. The average Bonchev–Trinajstić information content (AvgIpc) is 2.67. The minimum atomic E-state index is -0.502. The van der Waals surface area contributed by atoms with E-state index in [1.165, 1.54) is 0 Å². The third-order valence-electron chi connectivity index (χ3n) is 3.42. The van der Waals surface area contributed by atoms with Crippen LogP contribution in [0.2, 0.25) is 0 Å². The molecule has 7 heteroatoms. The van der Waals surface area contributed by atoms with E-state index in [1.54, 1.807) is 6.07 Å². The number of aliphatic hydroxyl groups excluding tert-OH is 1. The van der Waals surface area contributed by atoms with Crippen LogP contribution < -0.4 is 4.74 Å². The highest BCUT2D eigenvalue weighted by Gasteiger charge is 2.12. The molecule has 0 aliphatic rings. The Morgan fingerprint density at radius 3 is 2.54 bits per heavy atom. The molecule has 0 saturated heterocycles. The van der Waals surface area contributed by atoms with Crippen LogP contribution in [0.4, 0.5) is 0 Å². The van der Waals surface area contributed by atoms with E-state index in [9.17, 15) is 4.79 Å². The lowest BCUT2D eigenvalue weighted by Crippen LogP contribution is -2.14. The van der Waals surface area contributed by atoms with Crippen molar-refractivity contribution in [3.05, 3.63) is 36.0 Å². The van der Waals surface area contributed by atoms with Gasteiger partial charge in [0, 0.05) is 5.39 Å². The molecular weight excluding hydrogens is 338 g/mol. The molecule has 0 radical (unpaired) electrons. The number of nitrogens with zero attached hydrogens (tertiary/aromatic N) is 1. The van der Waals surface area contributed by atoms with Crippen molar-refractivity contribution < 1.29 is 28.8 Å². The van der Waals surface area contributed by atoms with Crippen LogP contribution in [0.25, 0.3) is 10.9 Å². The lowest BCUT2D eigenvalue weighted by Gasteiger charge is -2.09. The van der Waals surface area contributed by atoms with Crippen LogP contribution in [0, 0.1) is 0 Å². The van der Waals surface area contributed by atoms with E-state index in [4.69, 9.17) is 24.1 Å². The maximum Gasteiger partial charge on any atom is 0.357 e. The van der Waals surface area contributed by atoms with E-state index in [0.717, 1.165) is 11.8 Å². The molecule has 1 aromatic heterocycles. The first-order valence-electron chi connectivity index (χ1n) is 8.72. The molecule has 1 N–H and O–H groups in total. The van der Waals surface area contributed by atoms with Gasteiger partial charge in [0.05, 0.1) is 39.6 Å². The molecule has 0 spiro atoms. The summed E-state index contributed by atoms with van der Waals surface area (Å²) in [6, 6.07) is 9.12. The SMILES string of the molecule is CCCOc1cccc2ccc(C(=O)OCCOCCOCCO)nc12. The molecule has 2 rings (SSSR count). The van der Waals surface area contributed by atoms with Crippen molar-refractivity contribution in [3.63, 3.8) is 0 Å². The Labute approximate surface area is 152 Å². The van der Waals surface area contributed by atoms with E-state index >= 15 is 0 Å². The Morgan fingerprint density at radius 2 is 1.77 bits per heavy atom. The highest BCUT2D eigenvalue weighted by Crippen LogP contribution is 2.24. The van der Waals surface area contributed by atoms with Gasteiger partial charge >= 0.3 is 5.97 Å². The molecule has 142 valence electrons. The molecule has 26 heavy (non-hydrogen) atoms. The average molecular weight is 363 g/mol. The number of carbonyl (C=O) groups is 1. The summed E-state index contributed by atoms with van der Waals surface area (Å²) < 4.78 is 21.2. The number of pyridine rings is 1. The predicted molar refractivity (Wildman–Crippen MR) is 96.5 cm³/mol. The van der Waals surface area contributed by atoms with E-state index in [2.05, 4.69) is 4.98 Å². The van der Waals surface area contributed by atoms with Crippen molar-refractivity contribution in [3.8, 4) is 5.75 Å². The summed E-state index contributed by atoms with van der Waals surface area (Å²) in [7, 11) is 0. The van der Waals surface area contributed by atoms with Gasteiger partial charge in [-0.2, -0.15) is 0 Å². The maximum atomic E-state index is 12.2. The third kappa shape index (κ3) is 6.25. The standard InChI is InChI=1S/C19H25NO6/c1-2-9-25-17-5-3-4-15-6-7-16(20-18(15)17)19(22)26-14-13-24-12-11-23-10-8-21/h3-7,21H,2,8-14H2,1H3. The minimum Gasteiger partial charge on any atom is -0.491 e. The fraction of sp³-hybridized carbons (Fsp3) is 0.474. The summed E-state index contributed by atoms with van der Waals surface area (Å²) in [6.07, 6.45) is 0.892. The van der Waals surface area contributed by atoms with Crippen molar-refractivity contribution in [1.29, 1.82) is 0 Å². The molecule has 0 aliphatic carbocycles. The van der Waals surface area contributed by atoms with Gasteiger partial charge in [-0.25, -0.2) is 9.78 Å². The van der Waals surface area contributed by atoms with Gasteiger partial charge < -0.3 is 24.1 Å². The van der Waals surface area contributed by atoms with Crippen molar-refractivity contribution in [2.45, 2.75) is 13.3 Å². The Hall–Kier alpha value is -2.22. The molecule has 0 aliphatic heterocycles. The Kier molecular flexibility index (Phi) is 8.82. The summed E-state index contributed by atoms with van der Waals surface area (Å²) in [5.41, 5.74) is 0.879. The predicted octanol–water partition coefficient (Wildman–Crippen LogP) is 2.21. The van der Waals surface area contributed by atoms with Gasteiger partial charge in [-0.1, -0.05) is 25.1 Å². The molecule has 0 amide bonds. The first-order valence-corrected chi connectivity index (χ1v) is 8.72. The Morgan fingerprint density at radius 1 is 1.00 bits per heavy atom. The number of carbonyl (C=O) groups excluding carboxylic acids is 1. The molecule has 0 atom stereocenters. The van der Waals surface area contributed by atoms with Gasteiger partial charge in [0.15, 0.2) is 0 Å². The van der Waals surface area contributed by atoms with Crippen LogP contribution >= 0.6 is 0 Å². The number of fused-ring (bicyclic) bond motifs is 1. The second kappa shape index (κ2) is 11.4. The van der Waals surface area contributed by atoms with Gasteiger partial charge in [0.25, 0.3) is 0 Å². The zero-order valence-corrected chi connectivity index (χ0v) is 15.0. The zero-order valence-electron chi connectivity index (χ0n) is 15.0. The summed E-state index contributed by atoms with van der Waals surface area (Å²) in [4.78, 5) is 16.5. The van der Waals surface area contributed by atoms with Gasteiger partial charge in [-0.15, -0.1) is 0 Å². The number of hydrogen-bond acceptors (Lipinski definition) is 7. The largest absolute Gasteiger partial charge is 0.491 e. The molecule has 0 unspecified atom stereocenters. The third-order valence-corrected chi connectivity index (χ3v) is 3.42. The maximum absolute atomic E-state index is 12.2. The fourth-order valence-electron chi connectivity index (χ4n) is 2.22. The summed E-state index contributed by atoms with van der Waals surface area (Å²) >= 11 is 0. The van der Waals surface area contributed by atoms with Gasteiger partial charge in [0.2, 0.25) is 0 Å². The number of rotatable bonds is 12. The van der Waals surface area contributed by atoms with Crippen molar-refractivity contribution >= 4 is 16.9 Å². The summed E-state index contributed by atoms with van der Waals surface area (Å²) in [6.45, 7) is 4.07. The van der Waals surface area contributed by atoms with Crippen LogP contribution in [-0.4, -0.2) is 62.3 Å². The number of aliphatic hydroxyl groups is 1. The molecule has 1 heterocycles. The zero-order chi connectivity index (χ0) is 18.6. The number of benzene rings is 1. The normalized spacial score (nSPS) is 10.8. The minimum absolute atomic E-state index is 0.0123. The molecule has 2 aromatic rings. The lowest BCUT2D eigenvalue weighted by molar-refractivity contribution is 0.00896. The second-order valence-electron chi connectivity index (χ2n) is 5.46. The van der Waals surface area contributed by atoms with Gasteiger partial charge in [-0.05, 0) is 18.6 Å². The number of esters is 1. The quantitative estimate of drug-likeness (QED) is 0.457. The molecule has 1 aromatic carbocycles. The molecular formula is C19H25NO6. The first kappa shape index (κ1) is 20.1. The number of ether oxygens (including phenoxy) is 4. The van der Waals surface area contributed by atoms with Crippen molar-refractivity contribution in [2.24, 2.45) is 0 Å². The Bertz CT molecular complexity index is 691. The van der Waals surface area contributed by atoms with Gasteiger partial charge in [0.1, 0.15) is 23.6 Å². The number of hydrogen-bond donors (Lipinski definition) is 1. The molecule has 0 fully saturated rings. The van der Waals surface area contributed by atoms with E-state index < -0.39 is 5.97 Å². The second-order valence-corrected chi connectivity index (χ2v) is 5.46. The van der Waals surface area contributed by atoms with E-state index in [1.807, 2.05) is 31.2 Å². The highest BCUT2D eigenvalue weighted by atomic mass is 16.6. The van der Waals surface area contributed by atoms with Crippen molar-refractivity contribution in [2.75, 3.05) is 46.2 Å². The summed E-state index contributed by atoms with van der Waals surface area (Å²) in [5.74, 6) is 0.155. The molecule has 0 saturated carbocycles. The topological polar surface area (TPSA) is 87.1 Å². The lowest BCUT2D eigenvalue weighted by atomic mass is 10.2. The summed E-state index contributed by atoms with van der Waals surface area (Å²) in [5, 5.41) is 9.47.